The topological polar surface area (TPSA) is 15.3 Å². The van der Waals surface area contributed by atoms with E-state index in [-0.39, 0.29) is 0 Å². The van der Waals surface area contributed by atoms with E-state index in [0.717, 1.165) is 19.6 Å². The van der Waals surface area contributed by atoms with Crippen LogP contribution in [0, 0.1) is 13.8 Å². The molecule has 2 aromatic rings. The molecule has 0 aromatic heterocycles. The smallest absolute Gasteiger partial charge is 0.0370 e. The first-order valence-corrected chi connectivity index (χ1v) is 7.19. The lowest BCUT2D eigenvalue weighted by molar-refractivity contribution is 0.340. The molecular formula is C18H24N2. The number of likely N-dealkylation sites (N-methyl/N-ethyl adjacent to an activating group) is 1. The molecule has 1 N–H and O–H groups in total. The summed E-state index contributed by atoms with van der Waals surface area (Å²) in [6.45, 7) is 7.28. The normalized spacial score (nSPS) is 10.8. The summed E-state index contributed by atoms with van der Waals surface area (Å²) >= 11 is 0. The van der Waals surface area contributed by atoms with Crippen LogP contribution in [0.3, 0.4) is 0 Å². The van der Waals surface area contributed by atoms with E-state index in [0.29, 0.717) is 0 Å². The van der Waals surface area contributed by atoms with Crippen LogP contribution in [0.2, 0.25) is 0 Å². The van der Waals surface area contributed by atoms with E-state index in [1.807, 2.05) is 0 Å². The fourth-order valence-electron chi connectivity index (χ4n) is 2.37. The second-order valence-electron chi connectivity index (χ2n) is 5.47. The third-order valence-electron chi connectivity index (χ3n) is 3.49. The molecule has 106 valence electrons. The van der Waals surface area contributed by atoms with Gasteiger partial charge in [0.2, 0.25) is 0 Å². The Balaban J connectivity index is 1.78. The number of nitrogens with zero attached hydrogens (tertiary/aromatic N) is 1. The van der Waals surface area contributed by atoms with E-state index in [9.17, 15) is 0 Å². The van der Waals surface area contributed by atoms with Crippen molar-refractivity contribution in [1.29, 1.82) is 0 Å². The number of benzene rings is 2. The highest BCUT2D eigenvalue weighted by Gasteiger charge is 2.01. The Bertz CT molecular complexity index is 534. The van der Waals surface area contributed by atoms with E-state index < -0.39 is 0 Å². The van der Waals surface area contributed by atoms with Crippen molar-refractivity contribution in [2.24, 2.45) is 0 Å². The van der Waals surface area contributed by atoms with Crippen LogP contribution in [0.25, 0.3) is 0 Å². The largest absolute Gasteiger partial charge is 0.384 e. The molecule has 0 radical (unpaired) electrons. The van der Waals surface area contributed by atoms with Crippen molar-refractivity contribution < 1.29 is 0 Å². The van der Waals surface area contributed by atoms with Gasteiger partial charge in [0.1, 0.15) is 0 Å². The molecule has 2 rings (SSSR count). The summed E-state index contributed by atoms with van der Waals surface area (Å²) in [4.78, 5) is 2.34. The predicted molar refractivity (Wildman–Crippen MR) is 87.2 cm³/mol. The maximum Gasteiger partial charge on any atom is 0.0370 e. The molecule has 0 aliphatic rings. The van der Waals surface area contributed by atoms with Gasteiger partial charge in [-0.3, -0.25) is 0 Å². The van der Waals surface area contributed by atoms with Crippen LogP contribution in [0.1, 0.15) is 16.7 Å². The molecule has 2 aromatic carbocycles. The summed E-state index contributed by atoms with van der Waals surface area (Å²) in [5.74, 6) is 0. The molecule has 0 aliphatic carbocycles. The van der Waals surface area contributed by atoms with Gasteiger partial charge in [0.05, 0.1) is 0 Å². The van der Waals surface area contributed by atoms with E-state index in [2.05, 4.69) is 79.6 Å². The zero-order chi connectivity index (χ0) is 14.4. The van der Waals surface area contributed by atoms with Crippen LogP contribution in [0.15, 0.2) is 48.5 Å². The monoisotopic (exact) mass is 268 g/mol. The summed E-state index contributed by atoms with van der Waals surface area (Å²) in [7, 11) is 2.16. The van der Waals surface area contributed by atoms with E-state index in [4.69, 9.17) is 0 Å². The van der Waals surface area contributed by atoms with Crippen molar-refractivity contribution >= 4 is 5.69 Å². The number of rotatable bonds is 6. The Morgan fingerprint density at radius 3 is 2.45 bits per heavy atom. The van der Waals surface area contributed by atoms with Crippen LogP contribution < -0.4 is 5.32 Å². The van der Waals surface area contributed by atoms with Crippen molar-refractivity contribution in [3.63, 3.8) is 0 Å². The molecule has 2 heteroatoms. The second kappa shape index (κ2) is 7.11. The molecule has 0 amide bonds. The molecule has 0 unspecified atom stereocenters. The molecule has 20 heavy (non-hydrogen) atoms. The van der Waals surface area contributed by atoms with E-state index >= 15 is 0 Å². The highest BCUT2D eigenvalue weighted by molar-refractivity contribution is 5.51. The highest BCUT2D eigenvalue weighted by atomic mass is 15.1. The first-order valence-electron chi connectivity index (χ1n) is 7.19. The molecule has 0 bridgehead atoms. The van der Waals surface area contributed by atoms with Gasteiger partial charge in [0.25, 0.3) is 0 Å². The van der Waals surface area contributed by atoms with Gasteiger partial charge < -0.3 is 10.2 Å². The van der Waals surface area contributed by atoms with E-state index in [1.165, 1.54) is 22.4 Å². The molecule has 0 aliphatic heterocycles. The Hall–Kier alpha value is -1.80. The maximum absolute atomic E-state index is 3.52. The third-order valence-corrected chi connectivity index (χ3v) is 3.49. The highest BCUT2D eigenvalue weighted by Crippen LogP contribution is 2.15. The van der Waals surface area contributed by atoms with Gasteiger partial charge in [-0.25, -0.2) is 0 Å². The van der Waals surface area contributed by atoms with Gasteiger partial charge in [-0.15, -0.1) is 0 Å². The van der Waals surface area contributed by atoms with Crippen LogP contribution in [-0.2, 0) is 6.54 Å². The van der Waals surface area contributed by atoms with Gasteiger partial charge in [-0.05, 0) is 38.1 Å². The Morgan fingerprint density at radius 1 is 1.00 bits per heavy atom. The lowest BCUT2D eigenvalue weighted by Gasteiger charge is -2.18. The molecule has 0 spiro atoms. The second-order valence-corrected chi connectivity index (χ2v) is 5.47. The van der Waals surface area contributed by atoms with Crippen molar-refractivity contribution in [3.05, 3.63) is 65.2 Å². The summed E-state index contributed by atoms with van der Waals surface area (Å²) in [5.41, 5.74) is 5.23. The average molecular weight is 268 g/mol. The molecule has 0 fully saturated rings. The van der Waals surface area contributed by atoms with Crippen LogP contribution in [0.5, 0.6) is 0 Å². The summed E-state index contributed by atoms with van der Waals surface area (Å²) < 4.78 is 0. The van der Waals surface area contributed by atoms with E-state index in [1.54, 1.807) is 0 Å². The minimum Gasteiger partial charge on any atom is -0.384 e. The van der Waals surface area contributed by atoms with Gasteiger partial charge in [0, 0.05) is 25.3 Å². The summed E-state index contributed by atoms with van der Waals surface area (Å²) in [5, 5.41) is 3.52. The predicted octanol–water partition coefficient (Wildman–Crippen LogP) is 3.85. The zero-order valence-electron chi connectivity index (χ0n) is 12.7. The first kappa shape index (κ1) is 14.6. The molecule has 0 atom stereocenters. The molecular weight excluding hydrogens is 244 g/mol. The number of hydrogen-bond acceptors (Lipinski definition) is 2. The quantitative estimate of drug-likeness (QED) is 0.856. The van der Waals surface area contributed by atoms with Crippen LogP contribution in [-0.4, -0.2) is 25.0 Å². The van der Waals surface area contributed by atoms with Gasteiger partial charge in [0.15, 0.2) is 0 Å². The molecule has 0 heterocycles. The van der Waals surface area contributed by atoms with Gasteiger partial charge >= 0.3 is 0 Å². The van der Waals surface area contributed by atoms with Gasteiger partial charge in [-0.1, -0.05) is 48.0 Å². The Kier molecular flexibility index (Phi) is 5.19. The van der Waals surface area contributed by atoms with Gasteiger partial charge in [-0.2, -0.15) is 0 Å². The lowest BCUT2D eigenvalue weighted by atomic mass is 10.1. The van der Waals surface area contributed by atoms with Crippen molar-refractivity contribution in [2.75, 3.05) is 25.5 Å². The standard InChI is InChI=1S/C18H24N2/c1-15-9-10-18(16(2)13-15)19-11-12-20(3)14-17-7-5-4-6-8-17/h4-10,13,19H,11-12,14H2,1-3H3. The number of hydrogen-bond donors (Lipinski definition) is 1. The summed E-state index contributed by atoms with van der Waals surface area (Å²) in [6.07, 6.45) is 0. The van der Waals surface area contributed by atoms with Crippen LogP contribution >= 0.6 is 0 Å². The number of anilines is 1. The fourth-order valence-corrected chi connectivity index (χ4v) is 2.37. The third kappa shape index (κ3) is 4.39. The minimum atomic E-state index is 0.966. The van der Waals surface area contributed by atoms with Crippen LogP contribution in [0.4, 0.5) is 5.69 Å². The van der Waals surface area contributed by atoms with Crippen molar-refractivity contribution in [1.82, 2.24) is 4.90 Å². The fraction of sp³-hybridized carbons (Fsp3) is 0.333. The summed E-state index contributed by atoms with van der Waals surface area (Å²) in [6, 6.07) is 17.1. The lowest BCUT2D eigenvalue weighted by Crippen LogP contribution is -2.24. The molecule has 2 nitrogen and oxygen atoms in total. The maximum atomic E-state index is 3.52. The number of aryl methyl sites for hydroxylation is 2. The minimum absolute atomic E-state index is 0.966. The van der Waals surface area contributed by atoms with Crippen molar-refractivity contribution in [2.45, 2.75) is 20.4 Å². The molecule has 0 saturated carbocycles. The Labute approximate surface area is 122 Å². The molecule has 0 saturated heterocycles. The average Bonchev–Trinajstić information content (AvgIpc) is 2.42. The first-order chi connectivity index (χ1) is 9.65. The number of nitrogens with one attached hydrogen (secondary N) is 1. The zero-order valence-corrected chi connectivity index (χ0v) is 12.7. The Morgan fingerprint density at radius 2 is 1.75 bits per heavy atom. The SMILES string of the molecule is Cc1ccc(NCCN(C)Cc2ccccc2)c(C)c1. The van der Waals surface area contributed by atoms with Crippen molar-refractivity contribution in [3.8, 4) is 0 Å².